The van der Waals surface area contributed by atoms with Gasteiger partial charge in [0.1, 0.15) is 5.82 Å². The van der Waals surface area contributed by atoms with Gasteiger partial charge in [-0.25, -0.2) is 14.0 Å². The number of nitrogens with one attached hydrogen (secondary N) is 1. The number of esters is 1. The number of carbonyl (C=O) groups is 2. The summed E-state index contributed by atoms with van der Waals surface area (Å²) in [6.45, 7) is 4.24. The second kappa shape index (κ2) is 8.44. The number of methoxy groups -OCH3 is 1. The number of ether oxygens (including phenoxy) is 2. The second-order valence-electron chi connectivity index (χ2n) is 5.42. The number of allylic oxidation sites excluding steroid dienone is 1. The number of carbonyl (C=O) groups excluding carboxylic acids is 2. The van der Waals surface area contributed by atoms with Gasteiger partial charge in [0.15, 0.2) is 0 Å². The number of hydrogen-bond donors (Lipinski definition) is 1. The lowest BCUT2D eigenvalue weighted by Crippen LogP contribution is -2.49. The van der Waals surface area contributed by atoms with Gasteiger partial charge in [-0.1, -0.05) is 6.07 Å². The molecule has 1 atom stereocenters. The van der Waals surface area contributed by atoms with Crippen molar-refractivity contribution in [2.45, 2.75) is 19.9 Å². The molecule has 1 aliphatic heterocycles. The quantitative estimate of drug-likeness (QED) is 0.725. The molecule has 2 rings (SSSR count). The van der Waals surface area contributed by atoms with E-state index < -0.39 is 17.8 Å². The smallest absolute Gasteiger partial charge is 0.338 e. The SMILES string of the molecule is CCOC(=O)C1=C(C)N(CCOC)C(=O)NC1c1ccc(F)c(Br)c1. The molecule has 0 aromatic heterocycles. The van der Waals surface area contributed by atoms with Gasteiger partial charge in [-0.15, -0.1) is 0 Å². The van der Waals surface area contributed by atoms with Crippen molar-refractivity contribution in [3.8, 4) is 0 Å². The number of nitrogens with zero attached hydrogens (tertiary/aromatic N) is 1. The summed E-state index contributed by atoms with van der Waals surface area (Å²) in [6.07, 6.45) is 0. The molecular formula is C17H20BrFN2O4. The molecule has 1 aliphatic rings. The summed E-state index contributed by atoms with van der Waals surface area (Å²) < 4.78 is 24.0. The Morgan fingerprint density at radius 1 is 1.44 bits per heavy atom. The Morgan fingerprint density at radius 3 is 2.76 bits per heavy atom. The molecule has 6 nitrogen and oxygen atoms in total. The first-order chi connectivity index (χ1) is 11.9. The molecule has 25 heavy (non-hydrogen) atoms. The fraction of sp³-hybridized carbons (Fsp3) is 0.412. The average molecular weight is 415 g/mol. The zero-order valence-corrected chi connectivity index (χ0v) is 15.9. The fourth-order valence-electron chi connectivity index (χ4n) is 2.65. The summed E-state index contributed by atoms with van der Waals surface area (Å²) in [4.78, 5) is 26.4. The summed E-state index contributed by atoms with van der Waals surface area (Å²) in [5, 5.41) is 2.79. The van der Waals surface area contributed by atoms with Crippen molar-refractivity contribution in [2.75, 3.05) is 26.9 Å². The third-order valence-electron chi connectivity index (χ3n) is 3.89. The van der Waals surface area contributed by atoms with Gasteiger partial charge in [0.25, 0.3) is 0 Å². The summed E-state index contributed by atoms with van der Waals surface area (Å²) >= 11 is 3.13. The molecule has 0 spiro atoms. The van der Waals surface area contributed by atoms with E-state index in [2.05, 4.69) is 21.2 Å². The maximum Gasteiger partial charge on any atom is 0.338 e. The molecule has 1 aromatic rings. The Hall–Kier alpha value is -1.93. The molecule has 0 saturated carbocycles. The molecule has 0 radical (unpaired) electrons. The number of halogens is 2. The first-order valence-corrected chi connectivity index (χ1v) is 8.59. The highest BCUT2D eigenvalue weighted by molar-refractivity contribution is 9.10. The zero-order valence-electron chi connectivity index (χ0n) is 14.3. The van der Waals surface area contributed by atoms with Crippen molar-refractivity contribution in [1.29, 1.82) is 0 Å². The van der Waals surface area contributed by atoms with Gasteiger partial charge in [-0.05, 0) is 47.5 Å². The molecule has 1 unspecified atom stereocenters. The van der Waals surface area contributed by atoms with E-state index in [1.165, 1.54) is 30.2 Å². The van der Waals surface area contributed by atoms with E-state index in [0.29, 0.717) is 30.0 Å². The molecule has 1 N–H and O–H groups in total. The largest absolute Gasteiger partial charge is 0.463 e. The first-order valence-electron chi connectivity index (χ1n) is 7.80. The third-order valence-corrected chi connectivity index (χ3v) is 4.50. The van der Waals surface area contributed by atoms with Crippen molar-refractivity contribution in [3.05, 3.63) is 45.3 Å². The van der Waals surface area contributed by atoms with E-state index in [1.807, 2.05) is 0 Å². The topological polar surface area (TPSA) is 67.9 Å². The molecule has 136 valence electrons. The van der Waals surface area contributed by atoms with Crippen molar-refractivity contribution >= 4 is 27.9 Å². The summed E-state index contributed by atoms with van der Waals surface area (Å²) in [7, 11) is 1.53. The van der Waals surface area contributed by atoms with E-state index >= 15 is 0 Å². The van der Waals surface area contributed by atoms with E-state index in [4.69, 9.17) is 9.47 Å². The number of rotatable bonds is 6. The maximum atomic E-state index is 13.5. The van der Waals surface area contributed by atoms with Gasteiger partial charge in [0.05, 0.1) is 35.8 Å². The van der Waals surface area contributed by atoms with Gasteiger partial charge in [-0.3, -0.25) is 4.90 Å². The summed E-state index contributed by atoms with van der Waals surface area (Å²) in [6, 6.07) is 3.27. The lowest BCUT2D eigenvalue weighted by Gasteiger charge is -2.35. The van der Waals surface area contributed by atoms with E-state index in [1.54, 1.807) is 13.8 Å². The van der Waals surface area contributed by atoms with Gasteiger partial charge >= 0.3 is 12.0 Å². The average Bonchev–Trinajstić information content (AvgIpc) is 2.56. The lowest BCUT2D eigenvalue weighted by atomic mass is 9.95. The molecule has 0 bridgehead atoms. The van der Waals surface area contributed by atoms with Crippen LogP contribution in [0.5, 0.6) is 0 Å². The van der Waals surface area contributed by atoms with E-state index in [0.717, 1.165) is 0 Å². The minimum absolute atomic E-state index is 0.210. The molecular weight excluding hydrogens is 395 g/mol. The van der Waals surface area contributed by atoms with Gasteiger partial charge < -0.3 is 14.8 Å². The van der Waals surface area contributed by atoms with Gasteiger partial charge in [0.2, 0.25) is 0 Å². The van der Waals surface area contributed by atoms with Crippen LogP contribution in [0.1, 0.15) is 25.5 Å². The van der Waals surface area contributed by atoms with Crippen molar-refractivity contribution in [3.63, 3.8) is 0 Å². The fourth-order valence-corrected chi connectivity index (χ4v) is 3.04. The van der Waals surface area contributed by atoms with Crippen LogP contribution in [0.25, 0.3) is 0 Å². The van der Waals surface area contributed by atoms with Crippen LogP contribution in [-0.4, -0.2) is 43.8 Å². The second-order valence-corrected chi connectivity index (χ2v) is 6.27. The van der Waals surface area contributed by atoms with E-state index in [-0.39, 0.29) is 17.1 Å². The Balaban J connectivity index is 2.49. The van der Waals surface area contributed by atoms with Crippen LogP contribution in [-0.2, 0) is 14.3 Å². The number of amides is 2. The molecule has 1 aromatic carbocycles. The molecule has 2 amide bonds. The maximum absolute atomic E-state index is 13.5. The Kier molecular flexibility index (Phi) is 6.55. The third kappa shape index (κ3) is 4.19. The lowest BCUT2D eigenvalue weighted by molar-refractivity contribution is -0.139. The van der Waals surface area contributed by atoms with Crippen molar-refractivity contribution in [2.24, 2.45) is 0 Å². The predicted octanol–water partition coefficient (Wildman–Crippen LogP) is 3.14. The Labute approximate surface area is 154 Å². The molecule has 0 fully saturated rings. The van der Waals surface area contributed by atoms with Crippen molar-refractivity contribution in [1.82, 2.24) is 10.2 Å². The normalized spacial score (nSPS) is 17.6. The van der Waals surface area contributed by atoms with Gasteiger partial charge in [-0.2, -0.15) is 0 Å². The molecule has 0 aliphatic carbocycles. The van der Waals surface area contributed by atoms with Crippen LogP contribution >= 0.6 is 15.9 Å². The summed E-state index contributed by atoms with van der Waals surface area (Å²) in [5.41, 5.74) is 1.39. The minimum atomic E-state index is -0.720. The highest BCUT2D eigenvalue weighted by Crippen LogP contribution is 2.33. The zero-order chi connectivity index (χ0) is 18.6. The highest BCUT2D eigenvalue weighted by Gasteiger charge is 2.36. The molecule has 1 heterocycles. The van der Waals surface area contributed by atoms with Gasteiger partial charge in [0, 0.05) is 12.8 Å². The standard InChI is InChI=1S/C17H20BrFN2O4/c1-4-25-16(22)14-10(2)21(7-8-24-3)17(23)20-15(14)11-5-6-13(19)12(18)9-11/h5-6,9,15H,4,7-8H2,1-3H3,(H,20,23). The minimum Gasteiger partial charge on any atom is -0.463 e. The Morgan fingerprint density at radius 2 is 2.16 bits per heavy atom. The predicted molar refractivity (Wildman–Crippen MR) is 93.3 cm³/mol. The van der Waals surface area contributed by atoms with Crippen LogP contribution < -0.4 is 5.32 Å². The number of hydrogen-bond acceptors (Lipinski definition) is 4. The van der Waals surface area contributed by atoms with Crippen LogP contribution in [0, 0.1) is 5.82 Å². The first kappa shape index (κ1) is 19.4. The number of benzene rings is 1. The Bertz CT molecular complexity index is 708. The van der Waals surface area contributed by atoms with Crippen LogP contribution in [0.15, 0.2) is 33.9 Å². The monoisotopic (exact) mass is 414 g/mol. The van der Waals surface area contributed by atoms with E-state index in [9.17, 15) is 14.0 Å². The highest BCUT2D eigenvalue weighted by atomic mass is 79.9. The molecule has 8 heteroatoms. The summed E-state index contributed by atoms with van der Waals surface area (Å²) in [5.74, 6) is -0.946. The van der Waals surface area contributed by atoms with Crippen LogP contribution in [0.2, 0.25) is 0 Å². The number of urea groups is 1. The van der Waals surface area contributed by atoms with Crippen LogP contribution in [0.4, 0.5) is 9.18 Å². The van der Waals surface area contributed by atoms with Crippen LogP contribution in [0.3, 0.4) is 0 Å². The van der Waals surface area contributed by atoms with Crippen molar-refractivity contribution < 1.29 is 23.5 Å². The molecule has 0 saturated heterocycles.